The van der Waals surface area contributed by atoms with E-state index in [-0.39, 0.29) is 11.5 Å². The lowest BCUT2D eigenvalue weighted by molar-refractivity contribution is -0.384. The highest BCUT2D eigenvalue weighted by atomic mass is 16.6. The van der Waals surface area contributed by atoms with Crippen LogP contribution in [0.15, 0.2) is 36.5 Å². The molecule has 7 nitrogen and oxygen atoms in total. The number of nitro groups is 1. The Labute approximate surface area is 122 Å². The second-order valence-corrected chi connectivity index (χ2v) is 4.38. The molecular weight excluding hydrogens is 270 g/mol. The van der Waals surface area contributed by atoms with Crippen molar-refractivity contribution in [1.82, 2.24) is 9.97 Å². The summed E-state index contributed by atoms with van der Waals surface area (Å²) in [7, 11) is 0. The van der Waals surface area contributed by atoms with E-state index in [1.807, 2.05) is 37.3 Å². The van der Waals surface area contributed by atoms with Gasteiger partial charge in [-0.3, -0.25) is 10.1 Å². The molecule has 21 heavy (non-hydrogen) atoms. The van der Waals surface area contributed by atoms with Crippen LogP contribution in [-0.4, -0.2) is 28.0 Å². The molecule has 0 unspecified atom stereocenters. The Morgan fingerprint density at radius 2 is 2.00 bits per heavy atom. The van der Waals surface area contributed by atoms with Gasteiger partial charge in [-0.2, -0.15) is 4.98 Å². The minimum absolute atomic E-state index is 0.121. The number of hydrogen-bond acceptors (Lipinski definition) is 6. The summed E-state index contributed by atoms with van der Waals surface area (Å²) < 4.78 is 0. The Morgan fingerprint density at radius 3 is 2.67 bits per heavy atom. The third-order valence-electron chi connectivity index (χ3n) is 2.85. The highest BCUT2D eigenvalue weighted by molar-refractivity contribution is 5.56. The van der Waals surface area contributed by atoms with Gasteiger partial charge in [0.15, 0.2) is 0 Å². The Hall–Kier alpha value is -2.70. The van der Waals surface area contributed by atoms with E-state index < -0.39 is 4.92 Å². The van der Waals surface area contributed by atoms with Crippen LogP contribution in [0.2, 0.25) is 0 Å². The molecule has 2 aromatic rings. The quantitative estimate of drug-likeness (QED) is 0.600. The van der Waals surface area contributed by atoms with Crippen LogP contribution in [0, 0.1) is 10.1 Å². The summed E-state index contributed by atoms with van der Waals surface area (Å²) in [4.78, 5) is 18.6. The van der Waals surface area contributed by atoms with E-state index in [9.17, 15) is 10.1 Å². The average molecular weight is 287 g/mol. The largest absolute Gasteiger partial charge is 0.364 e. The smallest absolute Gasteiger partial charge is 0.329 e. The molecule has 110 valence electrons. The van der Waals surface area contributed by atoms with Crippen molar-refractivity contribution in [2.45, 2.75) is 13.3 Å². The van der Waals surface area contributed by atoms with Gasteiger partial charge in [0.2, 0.25) is 11.8 Å². The van der Waals surface area contributed by atoms with Crippen LogP contribution in [0.4, 0.5) is 17.5 Å². The zero-order valence-electron chi connectivity index (χ0n) is 11.7. The summed E-state index contributed by atoms with van der Waals surface area (Å²) in [6.45, 7) is 3.13. The zero-order valence-corrected chi connectivity index (χ0v) is 11.7. The zero-order chi connectivity index (χ0) is 15.1. The molecule has 7 heteroatoms. The molecule has 0 atom stereocenters. The molecule has 1 heterocycles. The van der Waals surface area contributed by atoms with Crippen LogP contribution in [-0.2, 0) is 6.42 Å². The maximum atomic E-state index is 11.0. The molecule has 0 aliphatic carbocycles. The fourth-order valence-corrected chi connectivity index (χ4v) is 1.85. The summed E-state index contributed by atoms with van der Waals surface area (Å²) in [6, 6.07) is 9.91. The second-order valence-electron chi connectivity index (χ2n) is 4.38. The van der Waals surface area contributed by atoms with Crippen LogP contribution in [0.5, 0.6) is 0 Å². The fraction of sp³-hybridized carbons (Fsp3) is 0.286. The number of anilines is 2. The van der Waals surface area contributed by atoms with Crippen molar-refractivity contribution >= 4 is 17.5 Å². The SMILES string of the molecule is CCNc1ncc([N+](=O)[O-])c(NCCc2ccccc2)n1. The number of nitrogens with zero attached hydrogens (tertiary/aromatic N) is 3. The Kier molecular flexibility index (Phi) is 5.03. The van der Waals surface area contributed by atoms with Crippen molar-refractivity contribution in [2.75, 3.05) is 23.7 Å². The Morgan fingerprint density at radius 1 is 1.24 bits per heavy atom. The fourth-order valence-electron chi connectivity index (χ4n) is 1.85. The standard InChI is InChI=1S/C14H17N5O2/c1-2-15-14-17-10-12(19(20)21)13(18-14)16-9-8-11-6-4-3-5-7-11/h3-7,10H,2,8-9H2,1H3,(H2,15,16,17,18). The second kappa shape index (κ2) is 7.18. The maximum absolute atomic E-state index is 11.0. The first-order chi connectivity index (χ1) is 10.2. The van der Waals surface area contributed by atoms with Crippen molar-refractivity contribution < 1.29 is 4.92 Å². The summed E-state index contributed by atoms with van der Waals surface area (Å²) >= 11 is 0. The first kappa shape index (κ1) is 14.7. The molecule has 0 fully saturated rings. The Balaban J connectivity index is 2.06. The lowest BCUT2D eigenvalue weighted by atomic mass is 10.1. The molecule has 0 radical (unpaired) electrons. The Bertz CT molecular complexity index is 604. The number of nitrogens with one attached hydrogen (secondary N) is 2. The molecule has 0 spiro atoms. The van der Waals surface area contributed by atoms with Gasteiger partial charge in [-0.15, -0.1) is 0 Å². The molecular formula is C14H17N5O2. The van der Waals surface area contributed by atoms with Crippen LogP contribution in [0.1, 0.15) is 12.5 Å². The first-order valence-electron chi connectivity index (χ1n) is 6.73. The summed E-state index contributed by atoms with van der Waals surface area (Å²) in [5, 5.41) is 16.9. The van der Waals surface area contributed by atoms with Gasteiger partial charge in [-0.25, -0.2) is 4.98 Å². The monoisotopic (exact) mass is 287 g/mol. The van der Waals surface area contributed by atoms with Crippen molar-refractivity contribution in [2.24, 2.45) is 0 Å². The van der Waals surface area contributed by atoms with E-state index in [0.717, 1.165) is 12.0 Å². The first-order valence-corrected chi connectivity index (χ1v) is 6.73. The molecule has 0 saturated heterocycles. The predicted molar refractivity (Wildman–Crippen MR) is 81.5 cm³/mol. The van der Waals surface area contributed by atoms with E-state index in [4.69, 9.17) is 0 Å². The molecule has 1 aromatic carbocycles. The topological polar surface area (TPSA) is 93.0 Å². The number of aromatic nitrogens is 2. The van der Waals surface area contributed by atoms with Crippen LogP contribution in [0.3, 0.4) is 0 Å². The van der Waals surface area contributed by atoms with Gasteiger partial charge < -0.3 is 10.6 Å². The van der Waals surface area contributed by atoms with Gasteiger partial charge in [0.25, 0.3) is 0 Å². The average Bonchev–Trinajstić information content (AvgIpc) is 2.49. The van der Waals surface area contributed by atoms with Crippen LogP contribution >= 0.6 is 0 Å². The molecule has 2 N–H and O–H groups in total. The van der Waals surface area contributed by atoms with Gasteiger partial charge in [-0.1, -0.05) is 30.3 Å². The van der Waals surface area contributed by atoms with Gasteiger partial charge in [0.1, 0.15) is 6.20 Å². The van der Waals surface area contributed by atoms with Crippen LogP contribution < -0.4 is 10.6 Å². The van der Waals surface area contributed by atoms with Gasteiger partial charge in [0.05, 0.1) is 4.92 Å². The number of rotatable bonds is 7. The molecule has 0 saturated carbocycles. The molecule has 0 bridgehead atoms. The van der Waals surface area contributed by atoms with Crippen molar-refractivity contribution in [3.8, 4) is 0 Å². The van der Waals surface area contributed by atoms with E-state index in [2.05, 4.69) is 20.6 Å². The summed E-state index contributed by atoms with van der Waals surface area (Å²) in [5.41, 5.74) is 1.04. The normalized spacial score (nSPS) is 10.1. The van der Waals surface area contributed by atoms with Crippen LogP contribution in [0.25, 0.3) is 0 Å². The number of benzene rings is 1. The maximum Gasteiger partial charge on any atom is 0.329 e. The van der Waals surface area contributed by atoms with E-state index in [1.165, 1.54) is 6.20 Å². The third kappa shape index (κ3) is 4.13. The minimum Gasteiger partial charge on any atom is -0.364 e. The summed E-state index contributed by atoms with van der Waals surface area (Å²) in [6.07, 6.45) is 1.98. The molecule has 0 amide bonds. The molecule has 1 aromatic heterocycles. The van der Waals surface area contributed by atoms with Gasteiger partial charge in [0, 0.05) is 13.1 Å². The minimum atomic E-state index is -0.486. The summed E-state index contributed by atoms with van der Waals surface area (Å²) in [5.74, 6) is 0.618. The highest BCUT2D eigenvalue weighted by Crippen LogP contribution is 2.21. The van der Waals surface area contributed by atoms with E-state index in [0.29, 0.717) is 19.0 Å². The van der Waals surface area contributed by atoms with Crippen molar-refractivity contribution in [3.05, 3.63) is 52.2 Å². The lowest BCUT2D eigenvalue weighted by Gasteiger charge is -2.08. The van der Waals surface area contributed by atoms with Gasteiger partial charge in [-0.05, 0) is 18.9 Å². The lowest BCUT2D eigenvalue weighted by Crippen LogP contribution is -2.11. The molecule has 0 aliphatic rings. The molecule has 0 aliphatic heterocycles. The van der Waals surface area contributed by atoms with Crippen molar-refractivity contribution in [3.63, 3.8) is 0 Å². The third-order valence-corrected chi connectivity index (χ3v) is 2.85. The van der Waals surface area contributed by atoms with E-state index >= 15 is 0 Å². The number of hydrogen-bond donors (Lipinski definition) is 2. The predicted octanol–water partition coefficient (Wildman–Crippen LogP) is 2.47. The van der Waals surface area contributed by atoms with Gasteiger partial charge >= 0.3 is 5.69 Å². The molecule has 2 rings (SSSR count). The van der Waals surface area contributed by atoms with E-state index in [1.54, 1.807) is 0 Å². The highest BCUT2D eigenvalue weighted by Gasteiger charge is 2.16. The van der Waals surface area contributed by atoms with Crippen molar-refractivity contribution in [1.29, 1.82) is 0 Å².